The lowest BCUT2D eigenvalue weighted by molar-refractivity contribution is 0.256. The number of allylic oxidation sites excluding steroid dienone is 1. The number of likely N-dealkylation sites (N-methyl/N-ethyl adjacent to an activating group) is 1. The van der Waals surface area contributed by atoms with E-state index in [0.717, 1.165) is 40.5 Å². The molecule has 0 aliphatic heterocycles. The molecule has 130 valence electrons. The van der Waals surface area contributed by atoms with Gasteiger partial charge in [0.05, 0.1) is 0 Å². The third-order valence-corrected chi connectivity index (χ3v) is 5.64. The minimum atomic E-state index is -0.0715. The van der Waals surface area contributed by atoms with Crippen LogP contribution >= 0.6 is 11.6 Å². The molecule has 4 heteroatoms. The number of hydrogen-bond acceptors (Lipinski definition) is 2. The Labute approximate surface area is 154 Å². The minimum Gasteiger partial charge on any atom is -0.331 e. The quantitative estimate of drug-likeness (QED) is 0.370. The summed E-state index contributed by atoms with van der Waals surface area (Å²) in [6.45, 7) is 6.49. The van der Waals surface area contributed by atoms with E-state index < -0.39 is 0 Å². The van der Waals surface area contributed by atoms with Gasteiger partial charge in [0.2, 0.25) is 0 Å². The molecule has 1 saturated carbocycles. The van der Waals surface area contributed by atoms with Gasteiger partial charge >= 0.3 is 0 Å². The molecule has 3 rings (SSSR count). The molecule has 3 nitrogen and oxygen atoms in total. The second-order valence-electron chi connectivity index (χ2n) is 6.72. The molecule has 0 saturated heterocycles. The van der Waals surface area contributed by atoms with Gasteiger partial charge in [0.25, 0.3) is 0 Å². The second kappa shape index (κ2) is 6.93. The smallest absolute Gasteiger partial charge is 0.159 e. The number of aryl methyl sites for hydroxylation is 1. The van der Waals surface area contributed by atoms with Crippen LogP contribution in [0.15, 0.2) is 65.9 Å². The molecule has 1 aliphatic carbocycles. The zero-order chi connectivity index (χ0) is 18.0. The second-order valence-corrected chi connectivity index (χ2v) is 7.15. The molecule has 0 spiro atoms. The summed E-state index contributed by atoms with van der Waals surface area (Å²) in [5.74, 6) is 6.50. The van der Waals surface area contributed by atoms with Crippen molar-refractivity contribution in [2.75, 3.05) is 7.05 Å². The van der Waals surface area contributed by atoms with E-state index in [0.29, 0.717) is 0 Å². The number of rotatable bonds is 4. The molecular weight excluding hydrogens is 330 g/mol. The van der Waals surface area contributed by atoms with Gasteiger partial charge in [-0.2, -0.15) is 5.10 Å². The molecule has 1 aliphatic rings. The van der Waals surface area contributed by atoms with E-state index in [4.69, 9.17) is 17.4 Å². The third kappa shape index (κ3) is 3.05. The molecule has 1 fully saturated rings. The number of hydrogen-bond donors (Lipinski definition) is 1. The zero-order valence-corrected chi connectivity index (χ0v) is 15.6. The Morgan fingerprint density at radius 3 is 2.32 bits per heavy atom. The number of benzene rings is 2. The van der Waals surface area contributed by atoms with Crippen molar-refractivity contribution >= 4 is 17.4 Å². The highest BCUT2D eigenvalue weighted by Gasteiger charge is 2.43. The molecule has 0 radical (unpaired) electrons. The van der Waals surface area contributed by atoms with Crippen LogP contribution in [0.4, 0.5) is 0 Å². The average molecular weight is 354 g/mol. The first kappa shape index (κ1) is 17.6. The summed E-state index contributed by atoms with van der Waals surface area (Å²) in [6.07, 6.45) is 3.34. The number of amidine groups is 1. The first-order valence-electron chi connectivity index (χ1n) is 8.52. The summed E-state index contributed by atoms with van der Waals surface area (Å²) in [5, 5.41) is 4.83. The van der Waals surface area contributed by atoms with Crippen LogP contribution < -0.4 is 5.84 Å². The Morgan fingerprint density at radius 1 is 1.16 bits per heavy atom. The number of nitrogens with two attached hydrogens (primary N) is 1. The van der Waals surface area contributed by atoms with Crippen LogP contribution in [0.2, 0.25) is 5.02 Å². The van der Waals surface area contributed by atoms with Crippen LogP contribution in [0.1, 0.15) is 36.0 Å². The molecule has 0 heterocycles. The predicted molar refractivity (Wildman–Crippen MR) is 106 cm³/mol. The maximum absolute atomic E-state index is 6.07. The first-order valence-corrected chi connectivity index (χ1v) is 8.90. The van der Waals surface area contributed by atoms with Gasteiger partial charge in [0.15, 0.2) is 5.84 Å². The van der Waals surface area contributed by atoms with Gasteiger partial charge in [-0.05, 0) is 43.0 Å². The Bertz CT molecular complexity index is 804. The van der Waals surface area contributed by atoms with Crippen LogP contribution in [-0.4, -0.2) is 17.8 Å². The van der Waals surface area contributed by atoms with Gasteiger partial charge < -0.3 is 10.7 Å². The van der Waals surface area contributed by atoms with Gasteiger partial charge in [0, 0.05) is 28.7 Å². The molecule has 2 aromatic carbocycles. The summed E-state index contributed by atoms with van der Waals surface area (Å²) in [4.78, 5) is 2.04. The molecular formula is C21H24ClN3. The summed E-state index contributed by atoms with van der Waals surface area (Å²) in [5.41, 5.74) is 4.37. The Hall–Kier alpha value is -2.26. The maximum atomic E-state index is 6.07. The van der Waals surface area contributed by atoms with Gasteiger partial charge in [-0.25, -0.2) is 0 Å². The van der Waals surface area contributed by atoms with Crippen LogP contribution in [0.25, 0.3) is 0 Å². The summed E-state index contributed by atoms with van der Waals surface area (Å²) >= 11 is 6.07. The van der Waals surface area contributed by atoms with Gasteiger partial charge in [-0.1, -0.05) is 61.0 Å². The van der Waals surface area contributed by atoms with E-state index in [2.05, 4.69) is 36.8 Å². The third-order valence-electron chi connectivity index (χ3n) is 5.39. The van der Waals surface area contributed by atoms with E-state index in [-0.39, 0.29) is 5.41 Å². The fraction of sp³-hybridized carbons (Fsp3) is 0.286. The fourth-order valence-corrected chi connectivity index (χ4v) is 3.78. The van der Waals surface area contributed by atoms with Crippen molar-refractivity contribution < 1.29 is 0 Å². The SMILES string of the molecule is C=C(N(C)/C(=N\N)c1ccccc1C)C1(c2ccc(Cl)cc2)CCC1. The van der Waals surface area contributed by atoms with E-state index >= 15 is 0 Å². The lowest BCUT2D eigenvalue weighted by Crippen LogP contribution is -2.44. The van der Waals surface area contributed by atoms with E-state index in [1.54, 1.807) is 0 Å². The molecule has 0 atom stereocenters. The largest absolute Gasteiger partial charge is 0.331 e. The molecule has 0 bridgehead atoms. The lowest BCUT2D eigenvalue weighted by atomic mass is 9.62. The number of nitrogens with zero attached hydrogens (tertiary/aromatic N) is 2. The highest BCUT2D eigenvalue weighted by atomic mass is 35.5. The topological polar surface area (TPSA) is 41.6 Å². The van der Waals surface area contributed by atoms with Crippen molar-refractivity contribution in [1.29, 1.82) is 0 Å². The summed E-state index contributed by atoms with van der Waals surface area (Å²) in [7, 11) is 2.00. The van der Waals surface area contributed by atoms with Crippen LogP contribution in [0.5, 0.6) is 0 Å². The molecule has 0 aromatic heterocycles. The fourth-order valence-electron chi connectivity index (χ4n) is 3.65. The predicted octanol–water partition coefficient (Wildman–Crippen LogP) is 4.84. The Kier molecular flexibility index (Phi) is 4.87. The normalized spacial score (nSPS) is 16.2. The average Bonchev–Trinajstić information content (AvgIpc) is 2.57. The number of halogens is 1. The molecule has 2 aromatic rings. The molecule has 0 amide bonds. The highest BCUT2D eigenvalue weighted by molar-refractivity contribution is 6.30. The monoisotopic (exact) mass is 353 g/mol. The highest BCUT2D eigenvalue weighted by Crippen LogP contribution is 2.49. The molecule has 0 unspecified atom stereocenters. The van der Waals surface area contributed by atoms with E-state index in [1.165, 1.54) is 12.0 Å². The molecule has 25 heavy (non-hydrogen) atoms. The van der Waals surface area contributed by atoms with Crippen molar-refractivity contribution in [3.63, 3.8) is 0 Å². The van der Waals surface area contributed by atoms with Gasteiger partial charge in [0.1, 0.15) is 0 Å². The first-order chi connectivity index (χ1) is 12.0. The van der Waals surface area contributed by atoms with Crippen molar-refractivity contribution in [3.8, 4) is 0 Å². The van der Waals surface area contributed by atoms with Crippen LogP contribution in [0.3, 0.4) is 0 Å². The van der Waals surface area contributed by atoms with E-state index in [1.807, 2.05) is 42.3 Å². The summed E-state index contributed by atoms with van der Waals surface area (Å²) in [6, 6.07) is 16.2. The van der Waals surface area contributed by atoms with Crippen molar-refractivity contribution in [1.82, 2.24) is 4.90 Å². The van der Waals surface area contributed by atoms with Crippen molar-refractivity contribution in [3.05, 3.63) is 82.5 Å². The Balaban J connectivity index is 1.95. The standard InChI is InChI=1S/C21H24ClN3/c1-15-7-4-5-8-19(15)20(24-23)25(3)16(2)21(13-6-14-21)17-9-11-18(22)12-10-17/h4-5,7-12H,2,6,13-14,23H2,1,3H3/b24-20-. The van der Waals surface area contributed by atoms with Crippen LogP contribution in [-0.2, 0) is 5.41 Å². The minimum absolute atomic E-state index is 0.0715. The van der Waals surface area contributed by atoms with Crippen molar-refractivity contribution in [2.24, 2.45) is 10.9 Å². The number of hydrazone groups is 1. The summed E-state index contributed by atoms with van der Waals surface area (Å²) < 4.78 is 0. The van der Waals surface area contributed by atoms with E-state index in [9.17, 15) is 0 Å². The Morgan fingerprint density at radius 2 is 1.80 bits per heavy atom. The lowest BCUT2D eigenvalue weighted by Gasteiger charge is -2.47. The zero-order valence-electron chi connectivity index (χ0n) is 14.8. The molecule has 2 N–H and O–H groups in total. The van der Waals surface area contributed by atoms with Crippen LogP contribution in [0, 0.1) is 6.92 Å². The maximum Gasteiger partial charge on any atom is 0.159 e. The van der Waals surface area contributed by atoms with Gasteiger partial charge in [-0.3, -0.25) is 0 Å². The van der Waals surface area contributed by atoms with Gasteiger partial charge in [-0.15, -0.1) is 0 Å². The van der Waals surface area contributed by atoms with Crippen molar-refractivity contribution in [2.45, 2.75) is 31.6 Å².